The Bertz CT molecular complexity index is 1020. The molecule has 3 rings (SSSR count). The van der Waals surface area contributed by atoms with Gasteiger partial charge in [-0.25, -0.2) is 0 Å². The summed E-state index contributed by atoms with van der Waals surface area (Å²) >= 11 is 0. The lowest BCUT2D eigenvalue weighted by molar-refractivity contribution is 0.0951. The first-order valence-electron chi connectivity index (χ1n) is 9.06. The SMILES string of the molecule is COc1ccccc1C(=O)NCCc1cc2cc(C(C)C)ccc2[nH]c1=O. The first-order valence-corrected chi connectivity index (χ1v) is 9.06. The predicted molar refractivity (Wildman–Crippen MR) is 108 cm³/mol. The van der Waals surface area contributed by atoms with E-state index in [0.29, 0.717) is 35.8 Å². The topological polar surface area (TPSA) is 71.2 Å². The molecule has 3 aromatic rings. The van der Waals surface area contributed by atoms with Crippen molar-refractivity contribution in [3.8, 4) is 5.75 Å². The normalized spacial score (nSPS) is 11.0. The average molecular weight is 364 g/mol. The summed E-state index contributed by atoms with van der Waals surface area (Å²) in [6.07, 6.45) is 0.456. The number of aromatic amines is 1. The Balaban J connectivity index is 1.73. The number of amides is 1. The second kappa shape index (κ2) is 8.08. The van der Waals surface area contributed by atoms with Crippen LogP contribution >= 0.6 is 0 Å². The van der Waals surface area contributed by atoms with Crippen molar-refractivity contribution in [2.45, 2.75) is 26.2 Å². The minimum Gasteiger partial charge on any atom is -0.496 e. The lowest BCUT2D eigenvalue weighted by atomic mass is 10.0. The summed E-state index contributed by atoms with van der Waals surface area (Å²) in [6.45, 7) is 4.65. The molecule has 0 atom stereocenters. The van der Waals surface area contributed by atoms with Crippen LogP contribution in [0.15, 0.2) is 53.3 Å². The summed E-state index contributed by atoms with van der Waals surface area (Å²) in [6, 6.07) is 15.1. The maximum Gasteiger partial charge on any atom is 0.255 e. The van der Waals surface area contributed by atoms with Crippen LogP contribution < -0.4 is 15.6 Å². The largest absolute Gasteiger partial charge is 0.496 e. The number of carbonyl (C=O) groups excluding carboxylic acids is 1. The van der Waals surface area contributed by atoms with Crippen LogP contribution in [-0.4, -0.2) is 24.5 Å². The monoisotopic (exact) mass is 364 g/mol. The van der Waals surface area contributed by atoms with Gasteiger partial charge in [-0.15, -0.1) is 0 Å². The molecule has 0 unspecified atom stereocenters. The van der Waals surface area contributed by atoms with Crippen molar-refractivity contribution in [3.05, 3.63) is 75.6 Å². The molecule has 140 valence electrons. The van der Waals surface area contributed by atoms with E-state index in [4.69, 9.17) is 4.74 Å². The van der Waals surface area contributed by atoms with E-state index >= 15 is 0 Å². The van der Waals surface area contributed by atoms with E-state index in [2.05, 4.69) is 30.2 Å². The number of hydrogen-bond donors (Lipinski definition) is 2. The second-order valence-electron chi connectivity index (χ2n) is 6.83. The fourth-order valence-corrected chi connectivity index (χ4v) is 3.05. The Morgan fingerprint density at radius 3 is 2.67 bits per heavy atom. The standard InChI is InChI=1S/C22H24N2O3/c1-14(2)15-8-9-19-17(12-15)13-16(21(25)24-19)10-11-23-22(26)18-6-4-5-7-20(18)27-3/h4-9,12-14H,10-11H2,1-3H3,(H,23,26)(H,24,25). The minimum atomic E-state index is -0.216. The summed E-state index contributed by atoms with van der Waals surface area (Å²) in [7, 11) is 1.53. The van der Waals surface area contributed by atoms with Gasteiger partial charge in [-0.2, -0.15) is 0 Å². The third kappa shape index (κ3) is 4.19. The van der Waals surface area contributed by atoms with Gasteiger partial charge >= 0.3 is 0 Å². The van der Waals surface area contributed by atoms with Crippen LogP contribution in [0.25, 0.3) is 10.9 Å². The highest BCUT2D eigenvalue weighted by Crippen LogP contribution is 2.20. The highest BCUT2D eigenvalue weighted by molar-refractivity contribution is 5.96. The van der Waals surface area contributed by atoms with Crippen molar-refractivity contribution < 1.29 is 9.53 Å². The van der Waals surface area contributed by atoms with E-state index in [1.807, 2.05) is 24.3 Å². The van der Waals surface area contributed by atoms with Crippen molar-refractivity contribution in [2.75, 3.05) is 13.7 Å². The van der Waals surface area contributed by atoms with E-state index in [9.17, 15) is 9.59 Å². The quantitative estimate of drug-likeness (QED) is 0.702. The van der Waals surface area contributed by atoms with Crippen LogP contribution in [0, 0.1) is 0 Å². The number of para-hydroxylation sites is 1. The van der Waals surface area contributed by atoms with E-state index in [1.165, 1.54) is 12.7 Å². The molecule has 27 heavy (non-hydrogen) atoms. The van der Waals surface area contributed by atoms with Gasteiger partial charge in [0.15, 0.2) is 0 Å². The molecule has 0 saturated carbocycles. The molecule has 0 aliphatic rings. The lowest BCUT2D eigenvalue weighted by Crippen LogP contribution is -2.27. The molecule has 0 bridgehead atoms. The number of fused-ring (bicyclic) bond motifs is 1. The van der Waals surface area contributed by atoms with Gasteiger partial charge in [0.1, 0.15) is 5.75 Å². The number of nitrogens with one attached hydrogen (secondary N) is 2. The Kier molecular flexibility index (Phi) is 5.60. The number of benzene rings is 2. The number of methoxy groups -OCH3 is 1. The number of carbonyl (C=O) groups is 1. The fraction of sp³-hybridized carbons (Fsp3) is 0.273. The van der Waals surface area contributed by atoms with Crippen LogP contribution in [0.5, 0.6) is 5.75 Å². The second-order valence-corrected chi connectivity index (χ2v) is 6.83. The lowest BCUT2D eigenvalue weighted by Gasteiger charge is -2.10. The molecule has 0 aliphatic carbocycles. The number of ether oxygens (including phenoxy) is 1. The molecule has 0 radical (unpaired) electrons. The van der Waals surface area contributed by atoms with Crippen LogP contribution in [0.2, 0.25) is 0 Å². The number of aromatic nitrogens is 1. The summed E-state index contributed by atoms with van der Waals surface area (Å²) < 4.78 is 5.21. The van der Waals surface area contributed by atoms with E-state index < -0.39 is 0 Å². The maximum atomic E-state index is 12.4. The summed E-state index contributed by atoms with van der Waals surface area (Å²) in [4.78, 5) is 27.6. The number of H-pyrrole nitrogens is 1. The molecule has 0 fully saturated rings. The molecule has 0 spiro atoms. The van der Waals surface area contributed by atoms with Crippen molar-refractivity contribution in [2.24, 2.45) is 0 Å². The Morgan fingerprint density at radius 2 is 1.93 bits per heavy atom. The van der Waals surface area contributed by atoms with Gasteiger partial charge in [0, 0.05) is 17.6 Å². The Hall–Kier alpha value is -3.08. The fourth-order valence-electron chi connectivity index (χ4n) is 3.05. The van der Waals surface area contributed by atoms with Crippen molar-refractivity contribution in [1.29, 1.82) is 0 Å². The van der Waals surface area contributed by atoms with Gasteiger partial charge in [-0.1, -0.05) is 32.0 Å². The number of rotatable bonds is 6. The molecule has 1 aromatic heterocycles. The Morgan fingerprint density at radius 1 is 1.15 bits per heavy atom. The van der Waals surface area contributed by atoms with Crippen LogP contribution in [0.4, 0.5) is 0 Å². The number of pyridine rings is 1. The predicted octanol–water partition coefficient (Wildman–Crippen LogP) is 3.63. The third-order valence-electron chi connectivity index (χ3n) is 4.64. The molecule has 1 amide bonds. The molecule has 0 aliphatic heterocycles. The summed E-state index contributed by atoms with van der Waals surface area (Å²) in [5, 5.41) is 3.86. The van der Waals surface area contributed by atoms with Crippen LogP contribution in [0.3, 0.4) is 0 Å². The van der Waals surface area contributed by atoms with Crippen molar-refractivity contribution in [1.82, 2.24) is 10.3 Å². The van der Waals surface area contributed by atoms with Gasteiger partial charge in [-0.05, 0) is 53.6 Å². The summed E-state index contributed by atoms with van der Waals surface area (Å²) in [5.41, 5.74) is 3.07. The third-order valence-corrected chi connectivity index (χ3v) is 4.64. The molecule has 5 heteroatoms. The van der Waals surface area contributed by atoms with E-state index in [-0.39, 0.29) is 11.5 Å². The average Bonchev–Trinajstić information content (AvgIpc) is 2.67. The summed E-state index contributed by atoms with van der Waals surface area (Å²) in [5.74, 6) is 0.733. The highest BCUT2D eigenvalue weighted by atomic mass is 16.5. The van der Waals surface area contributed by atoms with Gasteiger partial charge < -0.3 is 15.0 Å². The smallest absolute Gasteiger partial charge is 0.255 e. The first kappa shape index (κ1) is 18.7. The van der Waals surface area contributed by atoms with Gasteiger partial charge in [-0.3, -0.25) is 9.59 Å². The zero-order chi connectivity index (χ0) is 19.4. The zero-order valence-corrected chi connectivity index (χ0v) is 15.8. The first-order chi connectivity index (χ1) is 13.0. The van der Waals surface area contributed by atoms with Gasteiger partial charge in [0.05, 0.1) is 12.7 Å². The molecular weight excluding hydrogens is 340 g/mol. The Labute approximate surface area is 158 Å². The molecular formula is C22H24N2O3. The maximum absolute atomic E-state index is 12.4. The molecule has 5 nitrogen and oxygen atoms in total. The van der Waals surface area contributed by atoms with Crippen LogP contribution in [0.1, 0.15) is 41.3 Å². The molecule has 1 heterocycles. The highest BCUT2D eigenvalue weighted by Gasteiger charge is 2.11. The van der Waals surface area contributed by atoms with Gasteiger partial charge in [0.2, 0.25) is 0 Å². The van der Waals surface area contributed by atoms with E-state index in [0.717, 1.165) is 10.9 Å². The molecule has 2 N–H and O–H groups in total. The van der Waals surface area contributed by atoms with Crippen molar-refractivity contribution >= 4 is 16.8 Å². The number of hydrogen-bond acceptors (Lipinski definition) is 3. The van der Waals surface area contributed by atoms with Crippen molar-refractivity contribution in [3.63, 3.8) is 0 Å². The van der Waals surface area contributed by atoms with Gasteiger partial charge in [0.25, 0.3) is 11.5 Å². The molecule has 2 aromatic carbocycles. The van der Waals surface area contributed by atoms with Crippen LogP contribution in [-0.2, 0) is 6.42 Å². The minimum absolute atomic E-state index is 0.119. The van der Waals surface area contributed by atoms with E-state index in [1.54, 1.807) is 18.2 Å². The zero-order valence-electron chi connectivity index (χ0n) is 15.8. The molecule has 0 saturated heterocycles.